The maximum Gasteiger partial charge on any atom is 0.253 e. The van der Waals surface area contributed by atoms with Gasteiger partial charge in [0, 0.05) is 29.1 Å². The molecule has 1 aliphatic carbocycles. The number of nitrogens with zero attached hydrogens (tertiary/aromatic N) is 1. The number of halogens is 1. The number of aromatic hydroxyl groups is 1. The molecule has 2 aromatic heterocycles. The summed E-state index contributed by atoms with van der Waals surface area (Å²) in [6.07, 6.45) is 3.63. The van der Waals surface area contributed by atoms with Gasteiger partial charge in [-0.2, -0.15) is 0 Å². The Morgan fingerprint density at radius 3 is 2.51 bits per heavy atom. The molecule has 0 spiro atoms. The van der Waals surface area contributed by atoms with Gasteiger partial charge in [0.25, 0.3) is 11.8 Å². The van der Waals surface area contributed by atoms with Gasteiger partial charge in [-0.1, -0.05) is 12.1 Å². The molecule has 2 heterocycles. The zero-order valence-electron chi connectivity index (χ0n) is 20.8. The van der Waals surface area contributed by atoms with Gasteiger partial charge in [0.15, 0.2) is 0 Å². The molecular formula is C31H24FN3O4. The van der Waals surface area contributed by atoms with Crippen molar-refractivity contribution in [3.63, 3.8) is 0 Å². The number of primary amides is 1. The van der Waals surface area contributed by atoms with Gasteiger partial charge < -0.3 is 20.6 Å². The minimum Gasteiger partial charge on any atom is -0.508 e. The predicted molar refractivity (Wildman–Crippen MR) is 144 cm³/mol. The molecule has 0 unspecified atom stereocenters. The predicted octanol–water partition coefficient (Wildman–Crippen LogP) is 5.45. The van der Waals surface area contributed by atoms with Gasteiger partial charge in [0.05, 0.1) is 16.8 Å². The quantitative estimate of drug-likeness (QED) is 0.263. The van der Waals surface area contributed by atoms with Crippen LogP contribution in [0.5, 0.6) is 5.75 Å². The highest BCUT2D eigenvalue weighted by Gasteiger charge is 2.47. The lowest BCUT2D eigenvalue weighted by Gasteiger charge is -2.17. The highest BCUT2D eigenvalue weighted by Crippen LogP contribution is 2.44. The molecule has 4 N–H and O–H groups in total. The van der Waals surface area contributed by atoms with Gasteiger partial charge in [-0.05, 0) is 90.7 Å². The van der Waals surface area contributed by atoms with Gasteiger partial charge >= 0.3 is 0 Å². The van der Waals surface area contributed by atoms with E-state index in [1.54, 1.807) is 30.5 Å². The molecule has 0 atom stereocenters. The molecule has 8 heteroatoms. The van der Waals surface area contributed by atoms with Crippen LogP contribution < -0.4 is 11.1 Å². The summed E-state index contributed by atoms with van der Waals surface area (Å²) < 4.78 is 19.4. The number of amides is 2. The molecule has 6 rings (SSSR count). The first-order chi connectivity index (χ1) is 18.8. The first kappa shape index (κ1) is 24.4. The van der Waals surface area contributed by atoms with Crippen LogP contribution in [0, 0.1) is 5.82 Å². The van der Waals surface area contributed by atoms with Crippen molar-refractivity contribution >= 4 is 22.8 Å². The summed E-state index contributed by atoms with van der Waals surface area (Å²) in [6.45, 7) is 0. The zero-order chi connectivity index (χ0) is 27.1. The number of carbonyl (C=O) groups is 2. The summed E-state index contributed by atoms with van der Waals surface area (Å²) >= 11 is 0. The second-order valence-electron chi connectivity index (χ2n) is 9.78. The maximum atomic E-state index is 13.4. The molecular weight excluding hydrogens is 497 g/mol. The number of carbonyl (C=O) groups excluding carboxylic acids is 2. The number of furan rings is 1. The molecule has 39 heavy (non-hydrogen) atoms. The van der Waals surface area contributed by atoms with E-state index in [-0.39, 0.29) is 23.0 Å². The third-order valence-corrected chi connectivity index (χ3v) is 7.10. The Balaban J connectivity index is 1.29. The summed E-state index contributed by atoms with van der Waals surface area (Å²) in [5, 5.41) is 14.2. The van der Waals surface area contributed by atoms with Crippen LogP contribution >= 0.6 is 0 Å². The Kier molecular flexibility index (Phi) is 5.87. The number of fused-ring (bicyclic) bond motifs is 1. The first-order valence-corrected chi connectivity index (χ1v) is 12.5. The highest BCUT2D eigenvalue weighted by atomic mass is 19.1. The third kappa shape index (κ3) is 4.61. The molecule has 194 valence electrons. The second-order valence-corrected chi connectivity index (χ2v) is 9.78. The minimum atomic E-state index is -0.673. The Labute approximate surface area is 223 Å². The van der Waals surface area contributed by atoms with Crippen LogP contribution in [-0.4, -0.2) is 21.9 Å². The second kappa shape index (κ2) is 9.40. The van der Waals surface area contributed by atoms with Crippen molar-refractivity contribution in [1.29, 1.82) is 0 Å². The molecule has 1 saturated carbocycles. The smallest absolute Gasteiger partial charge is 0.253 e. The molecule has 0 bridgehead atoms. The van der Waals surface area contributed by atoms with Crippen molar-refractivity contribution in [2.24, 2.45) is 5.73 Å². The third-order valence-electron chi connectivity index (χ3n) is 7.10. The monoisotopic (exact) mass is 521 g/mol. The Morgan fingerprint density at radius 1 is 1.03 bits per heavy atom. The number of aromatic nitrogens is 1. The van der Waals surface area contributed by atoms with E-state index in [4.69, 9.17) is 10.2 Å². The number of phenols is 1. The van der Waals surface area contributed by atoms with Gasteiger partial charge in [-0.15, -0.1) is 0 Å². The van der Waals surface area contributed by atoms with Gasteiger partial charge in [0.1, 0.15) is 22.9 Å². The van der Waals surface area contributed by atoms with Gasteiger partial charge in [-0.25, -0.2) is 4.39 Å². The molecule has 3 aromatic carbocycles. The minimum absolute atomic E-state index is 0.0480. The standard InChI is InChI=1S/C31H24FN3O4/c32-22-8-5-19(6-9-22)28-27(29(33)37)23-16-18(4-11-25(23)39-28)15-21-17-20(7-10-24(21)36)30(38)35-31(12-13-31)26-3-1-2-14-34-26/h1-11,14,16-17,36H,12-13,15H2,(H2,33,37)(H,35,38). The zero-order valence-corrected chi connectivity index (χ0v) is 20.8. The number of hydrogen-bond donors (Lipinski definition) is 3. The molecule has 1 aliphatic rings. The van der Waals surface area contributed by atoms with Crippen LogP contribution in [0.25, 0.3) is 22.3 Å². The first-order valence-electron chi connectivity index (χ1n) is 12.5. The van der Waals surface area contributed by atoms with E-state index in [0.717, 1.165) is 24.1 Å². The molecule has 5 aromatic rings. The van der Waals surface area contributed by atoms with Gasteiger partial charge in [0.2, 0.25) is 0 Å². The SMILES string of the molecule is NC(=O)c1c(-c2ccc(F)cc2)oc2ccc(Cc3cc(C(=O)NC4(c5ccccn5)CC4)ccc3O)cc12. The Bertz CT molecular complexity index is 1720. The molecule has 0 saturated heterocycles. The van der Waals surface area contributed by atoms with Crippen LogP contribution in [0.15, 0.2) is 89.5 Å². The average molecular weight is 522 g/mol. The number of benzene rings is 3. The fraction of sp³-hybridized carbons (Fsp3) is 0.129. The lowest BCUT2D eigenvalue weighted by molar-refractivity contribution is 0.0928. The van der Waals surface area contributed by atoms with Crippen molar-refractivity contribution in [3.05, 3.63) is 119 Å². The number of nitrogens with two attached hydrogens (primary N) is 1. The van der Waals surface area contributed by atoms with Crippen LogP contribution in [0.4, 0.5) is 4.39 Å². The molecule has 2 amide bonds. The fourth-order valence-electron chi connectivity index (χ4n) is 4.90. The lowest BCUT2D eigenvalue weighted by atomic mass is 9.98. The van der Waals surface area contributed by atoms with E-state index in [1.807, 2.05) is 24.3 Å². The Hall–Kier alpha value is -4.98. The average Bonchev–Trinajstić information content (AvgIpc) is 3.62. The van der Waals surface area contributed by atoms with Crippen molar-refractivity contribution in [2.75, 3.05) is 0 Å². The maximum absolute atomic E-state index is 13.4. The Morgan fingerprint density at radius 2 is 1.82 bits per heavy atom. The van der Waals surface area contributed by atoms with Crippen LogP contribution in [0.1, 0.15) is 50.4 Å². The number of pyridine rings is 1. The van der Waals surface area contributed by atoms with E-state index in [1.165, 1.54) is 30.3 Å². The number of hydrogen-bond acceptors (Lipinski definition) is 5. The van der Waals surface area contributed by atoms with Crippen molar-refractivity contribution in [3.8, 4) is 17.1 Å². The van der Waals surface area contributed by atoms with E-state index >= 15 is 0 Å². The van der Waals surface area contributed by atoms with E-state index in [0.29, 0.717) is 34.1 Å². The van der Waals surface area contributed by atoms with Crippen LogP contribution in [0.2, 0.25) is 0 Å². The van der Waals surface area contributed by atoms with Crippen molar-refractivity contribution in [2.45, 2.75) is 24.8 Å². The lowest BCUT2D eigenvalue weighted by Crippen LogP contribution is -2.35. The largest absolute Gasteiger partial charge is 0.508 e. The molecule has 1 fully saturated rings. The van der Waals surface area contributed by atoms with E-state index < -0.39 is 17.3 Å². The number of rotatable bonds is 7. The summed E-state index contributed by atoms with van der Waals surface area (Å²) in [6, 6.07) is 21.3. The topological polar surface area (TPSA) is 118 Å². The van der Waals surface area contributed by atoms with Crippen LogP contribution in [-0.2, 0) is 12.0 Å². The summed E-state index contributed by atoms with van der Waals surface area (Å²) in [5.41, 5.74) is 8.99. The number of nitrogens with one attached hydrogen (secondary N) is 1. The van der Waals surface area contributed by atoms with E-state index in [9.17, 15) is 19.1 Å². The normalized spacial score (nSPS) is 13.8. The summed E-state index contributed by atoms with van der Waals surface area (Å²) in [7, 11) is 0. The fourth-order valence-corrected chi connectivity index (χ4v) is 4.90. The van der Waals surface area contributed by atoms with Gasteiger partial charge in [-0.3, -0.25) is 14.6 Å². The van der Waals surface area contributed by atoms with Crippen molar-refractivity contribution < 1.29 is 23.5 Å². The summed E-state index contributed by atoms with van der Waals surface area (Å²) in [4.78, 5) is 29.9. The summed E-state index contributed by atoms with van der Waals surface area (Å²) in [5.74, 6) is -1.01. The van der Waals surface area contributed by atoms with Crippen molar-refractivity contribution in [1.82, 2.24) is 10.3 Å². The molecule has 7 nitrogen and oxygen atoms in total. The molecule has 0 radical (unpaired) electrons. The van der Waals surface area contributed by atoms with E-state index in [2.05, 4.69) is 10.3 Å². The van der Waals surface area contributed by atoms with Crippen LogP contribution in [0.3, 0.4) is 0 Å². The molecule has 0 aliphatic heterocycles. The number of phenolic OH excluding ortho intramolecular Hbond substituents is 1. The highest BCUT2D eigenvalue weighted by molar-refractivity contribution is 6.10.